The molecule has 0 fully saturated rings. The van der Waals surface area contributed by atoms with Crippen molar-refractivity contribution >= 4 is 12.1 Å². The zero-order valence-electron chi connectivity index (χ0n) is 11.8. The van der Waals surface area contributed by atoms with E-state index in [1.165, 1.54) is 0 Å². The fourth-order valence-corrected chi connectivity index (χ4v) is 1.78. The first-order chi connectivity index (χ1) is 10.1. The minimum absolute atomic E-state index is 0.0442. The molecule has 0 bridgehead atoms. The van der Waals surface area contributed by atoms with E-state index in [4.69, 9.17) is 21.4 Å². The Morgan fingerprint density at radius 2 is 1.90 bits per heavy atom. The predicted molar refractivity (Wildman–Crippen MR) is 77.0 cm³/mol. The normalized spacial score (nSPS) is 11.7. The number of hydrogen-bond acceptors (Lipinski definition) is 5. The summed E-state index contributed by atoms with van der Waals surface area (Å²) in [6, 6.07) is 7.96. The van der Waals surface area contributed by atoms with Crippen molar-refractivity contribution in [1.82, 2.24) is 5.01 Å². The van der Waals surface area contributed by atoms with E-state index in [9.17, 15) is 9.59 Å². The summed E-state index contributed by atoms with van der Waals surface area (Å²) in [6.07, 6.45) is 0.631. The zero-order chi connectivity index (χ0) is 15.7. The quantitative estimate of drug-likeness (QED) is 0.286. The molecular formula is C14H21N3O4. The third-order valence-corrected chi connectivity index (χ3v) is 2.97. The van der Waals surface area contributed by atoms with Gasteiger partial charge in [-0.25, -0.2) is 20.4 Å². The van der Waals surface area contributed by atoms with Crippen molar-refractivity contribution in [2.24, 2.45) is 11.6 Å². The third-order valence-electron chi connectivity index (χ3n) is 2.97. The smallest absolute Gasteiger partial charge is 0.425 e. The van der Waals surface area contributed by atoms with Gasteiger partial charge in [0.1, 0.15) is 12.6 Å². The number of rotatable bonds is 8. The Balaban J connectivity index is 2.51. The molecule has 0 heterocycles. The van der Waals surface area contributed by atoms with Gasteiger partial charge in [0, 0.05) is 0 Å². The Labute approximate surface area is 123 Å². The van der Waals surface area contributed by atoms with Crippen LogP contribution in [0.5, 0.6) is 0 Å². The molecule has 0 aliphatic carbocycles. The number of carboxylic acids is 1. The van der Waals surface area contributed by atoms with E-state index in [0.717, 1.165) is 5.56 Å². The highest BCUT2D eigenvalue weighted by Gasteiger charge is 2.28. The van der Waals surface area contributed by atoms with Crippen LogP contribution in [0.15, 0.2) is 30.3 Å². The van der Waals surface area contributed by atoms with Gasteiger partial charge in [0.25, 0.3) is 0 Å². The number of hydrogen-bond donors (Lipinski definition) is 3. The Bertz CT molecular complexity index is 453. The van der Waals surface area contributed by atoms with E-state index in [0.29, 0.717) is 24.4 Å². The minimum atomic E-state index is -1.16. The molecule has 1 aromatic carbocycles. The molecule has 0 aliphatic heterocycles. The number of unbranched alkanes of at least 4 members (excludes halogenated alkanes) is 1. The minimum Gasteiger partial charge on any atom is -0.480 e. The Morgan fingerprint density at radius 1 is 1.24 bits per heavy atom. The number of carboxylic acid groups (broad SMARTS) is 1. The van der Waals surface area contributed by atoms with Crippen LogP contribution in [0.3, 0.4) is 0 Å². The van der Waals surface area contributed by atoms with E-state index >= 15 is 0 Å². The number of aliphatic carboxylic acids is 1. The monoisotopic (exact) mass is 295 g/mol. The molecule has 0 aliphatic rings. The number of nitrogens with two attached hydrogens (primary N) is 2. The fraction of sp³-hybridized carbons (Fsp3) is 0.429. The largest absolute Gasteiger partial charge is 0.480 e. The van der Waals surface area contributed by atoms with Crippen molar-refractivity contribution < 1.29 is 19.4 Å². The van der Waals surface area contributed by atoms with E-state index in [-0.39, 0.29) is 13.0 Å². The van der Waals surface area contributed by atoms with Gasteiger partial charge in [-0.05, 0) is 31.4 Å². The SMILES string of the molecule is NCCCCC(C(=O)O)N(N)C(=O)OCc1ccccc1. The average Bonchev–Trinajstić information content (AvgIpc) is 2.49. The van der Waals surface area contributed by atoms with Crippen LogP contribution in [-0.4, -0.2) is 34.8 Å². The summed E-state index contributed by atoms with van der Waals surface area (Å²) < 4.78 is 5.00. The van der Waals surface area contributed by atoms with Gasteiger partial charge in [-0.15, -0.1) is 0 Å². The van der Waals surface area contributed by atoms with E-state index in [1.54, 1.807) is 12.1 Å². The number of carbonyl (C=O) groups is 2. The zero-order valence-corrected chi connectivity index (χ0v) is 11.8. The lowest BCUT2D eigenvalue weighted by Crippen LogP contribution is -2.49. The summed E-state index contributed by atoms with van der Waals surface area (Å²) in [6.45, 7) is 0.512. The molecule has 1 unspecified atom stereocenters. The van der Waals surface area contributed by atoms with Crippen molar-refractivity contribution in [2.75, 3.05) is 6.54 Å². The van der Waals surface area contributed by atoms with Gasteiger partial charge in [-0.3, -0.25) is 0 Å². The van der Waals surface area contributed by atoms with E-state index in [1.807, 2.05) is 18.2 Å². The molecule has 1 atom stereocenters. The topological polar surface area (TPSA) is 119 Å². The van der Waals surface area contributed by atoms with Gasteiger partial charge < -0.3 is 15.6 Å². The van der Waals surface area contributed by atoms with Crippen molar-refractivity contribution in [3.63, 3.8) is 0 Å². The van der Waals surface area contributed by atoms with Crippen LogP contribution >= 0.6 is 0 Å². The molecule has 21 heavy (non-hydrogen) atoms. The first-order valence-electron chi connectivity index (χ1n) is 6.73. The van der Waals surface area contributed by atoms with Crippen LogP contribution in [-0.2, 0) is 16.1 Å². The van der Waals surface area contributed by atoms with Crippen molar-refractivity contribution in [2.45, 2.75) is 31.9 Å². The highest BCUT2D eigenvalue weighted by molar-refractivity contribution is 5.79. The second kappa shape index (κ2) is 8.93. The summed E-state index contributed by atoms with van der Waals surface area (Å²) in [5.74, 6) is 4.39. The van der Waals surface area contributed by atoms with Crippen LogP contribution in [0, 0.1) is 0 Å². The molecular weight excluding hydrogens is 274 g/mol. The molecule has 7 nitrogen and oxygen atoms in total. The van der Waals surface area contributed by atoms with Crippen LogP contribution in [0.25, 0.3) is 0 Å². The summed E-state index contributed by atoms with van der Waals surface area (Å²) in [5.41, 5.74) is 6.16. The van der Waals surface area contributed by atoms with E-state index < -0.39 is 18.1 Å². The van der Waals surface area contributed by atoms with Gasteiger partial charge in [0.05, 0.1) is 0 Å². The molecule has 0 radical (unpaired) electrons. The number of carbonyl (C=O) groups excluding carboxylic acids is 1. The first-order valence-corrected chi connectivity index (χ1v) is 6.73. The average molecular weight is 295 g/mol. The van der Waals surface area contributed by atoms with Crippen LogP contribution < -0.4 is 11.6 Å². The lowest BCUT2D eigenvalue weighted by atomic mass is 10.1. The predicted octanol–water partition coefficient (Wildman–Crippen LogP) is 1.08. The molecule has 7 heteroatoms. The number of ether oxygens (including phenoxy) is 1. The summed E-state index contributed by atoms with van der Waals surface area (Å²) in [5, 5.41) is 9.74. The number of nitrogens with zero attached hydrogens (tertiary/aromatic N) is 1. The molecule has 0 saturated heterocycles. The van der Waals surface area contributed by atoms with Crippen LogP contribution in [0.4, 0.5) is 4.79 Å². The van der Waals surface area contributed by atoms with Gasteiger partial charge in [0.15, 0.2) is 0 Å². The maximum absolute atomic E-state index is 11.8. The second-order valence-electron chi connectivity index (χ2n) is 4.59. The lowest BCUT2D eigenvalue weighted by Gasteiger charge is -2.23. The van der Waals surface area contributed by atoms with Crippen LogP contribution in [0.1, 0.15) is 24.8 Å². The molecule has 0 saturated carbocycles. The Hall–Kier alpha value is -2.12. The Morgan fingerprint density at radius 3 is 2.48 bits per heavy atom. The molecule has 5 N–H and O–H groups in total. The Kier molecular flexibility index (Phi) is 7.20. The van der Waals surface area contributed by atoms with Crippen molar-refractivity contribution in [1.29, 1.82) is 0 Å². The van der Waals surface area contributed by atoms with Crippen molar-refractivity contribution in [3.05, 3.63) is 35.9 Å². The summed E-state index contributed by atoms with van der Waals surface area (Å²) in [7, 11) is 0. The fourth-order valence-electron chi connectivity index (χ4n) is 1.78. The number of benzene rings is 1. The van der Waals surface area contributed by atoms with Gasteiger partial charge >= 0.3 is 12.1 Å². The van der Waals surface area contributed by atoms with Gasteiger partial charge in [-0.2, -0.15) is 0 Å². The number of hydrazine groups is 1. The standard InChI is InChI=1S/C14H21N3O4/c15-9-5-4-8-12(13(18)19)17(16)14(20)21-10-11-6-2-1-3-7-11/h1-3,6-7,12H,4-5,8-10,15-16H2,(H,18,19). The lowest BCUT2D eigenvalue weighted by molar-refractivity contribution is -0.143. The molecule has 1 amide bonds. The maximum atomic E-state index is 11.8. The molecule has 0 spiro atoms. The van der Waals surface area contributed by atoms with E-state index in [2.05, 4.69) is 0 Å². The molecule has 116 valence electrons. The highest BCUT2D eigenvalue weighted by Crippen LogP contribution is 2.09. The molecule has 0 aromatic heterocycles. The van der Waals surface area contributed by atoms with Crippen LogP contribution in [0.2, 0.25) is 0 Å². The van der Waals surface area contributed by atoms with Crippen molar-refractivity contribution in [3.8, 4) is 0 Å². The van der Waals surface area contributed by atoms with Gasteiger partial charge in [0.2, 0.25) is 0 Å². The summed E-state index contributed by atoms with van der Waals surface area (Å²) in [4.78, 5) is 22.9. The van der Waals surface area contributed by atoms with Gasteiger partial charge in [-0.1, -0.05) is 30.3 Å². The first kappa shape index (κ1) is 16.9. The highest BCUT2D eigenvalue weighted by atomic mass is 16.6. The number of amides is 1. The molecule has 1 aromatic rings. The second-order valence-corrected chi connectivity index (χ2v) is 4.59. The summed E-state index contributed by atoms with van der Waals surface area (Å²) >= 11 is 0. The third kappa shape index (κ3) is 5.80. The molecule has 1 rings (SSSR count). The maximum Gasteiger partial charge on any atom is 0.425 e.